The van der Waals surface area contributed by atoms with E-state index in [0.29, 0.717) is 4.47 Å². The highest BCUT2D eigenvalue weighted by atomic mass is 79.9. The van der Waals surface area contributed by atoms with Crippen LogP contribution in [0.15, 0.2) is 38.2 Å². The van der Waals surface area contributed by atoms with Crippen molar-refractivity contribution >= 4 is 59.2 Å². The standard InChI is InChI=1S/C11H5Br2ClF2N2O2S/c12-5-1-10(11(14)17-4-5)21(19,20)18-9-3-7(15)6(13)2-8(9)16/h1-4,18H. The molecule has 0 spiro atoms. The zero-order valence-corrected chi connectivity index (χ0v) is 14.6. The Bertz CT molecular complexity index is 818. The highest BCUT2D eigenvalue weighted by molar-refractivity contribution is 9.10. The van der Waals surface area contributed by atoms with E-state index < -0.39 is 27.3 Å². The van der Waals surface area contributed by atoms with Crippen LogP contribution in [0.4, 0.5) is 14.5 Å². The Hall–Kier alpha value is -0.770. The van der Waals surface area contributed by atoms with Crippen molar-refractivity contribution in [3.63, 3.8) is 0 Å². The molecule has 0 aliphatic carbocycles. The van der Waals surface area contributed by atoms with Crippen molar-refractivity contribution in [3.8, 4) is 0 Å². The molecule has 1 heterocycles. The van der Waals surface area contributed by atoms with Crippen LogP contribution in [-0.2, 0) is 10.0 Å². The van der Waals surface area contributed by atoms with E-state index in [1.165, 1.54) is 12.3 Å². The lowest BCUT2D eigenvalue weighted by atomic mass is 10.3. The third-order valence-electron chi connectivity index (χ3n) is 2.32. The molecule has 2 rings (SSSR count). The molecule has 0 saturated carbocycles. The summed E-state index contributed by atoms with van der Waals surface area (Å²) >= 11 is 11.6. The maximum Gasteiger partial charge on any atom is 0.265 e. The molecule has 1 N–H and O–H groups in total. The van der Waals surface area contributed by atoms with Gasteiger partial charge in [-0.15, -0.1) is 0 Å². The first-order valence-electron chi connectivity index (χ1n) is 5.19. The largest absolute Gasteiger partial charge is 0.276 e. The SMILES string of the molecule is O=S(=O)(Nc1cc(F)c(Br)cc1F)c1cc(Br)cnc1Cl. The average Bonchev–Trinajstić information content (AvgIpc) is 2.38. The summed E-state index contributed by atoms with van der Waals surface area (Å²) in [7, 11) is -4.22. The lowest BCUT2D eigenvalue weighted by Crippen LogP contribution is -2.15. The molecule has 112 valence electrons. The number of anilines is 1. The summed E-state index contributed by atoms with van der Waals surface area (Å²) in [6.45, 7) is 0. The van der Waals surface area contributed by atoms with Gasteiger partial charge in [0.05, 0.1) is 10.2 Å². The first kappa shape index (κ1) is 16.6. The van der Waals surface area contributed by atoms with Crippen molar-refractivity contribution in [2.45, 2.75) is 4.90 Å². The van der Waals surface area contributed by atoms with Gasteiger partial charge in [0.25, 0.3) is 10.0 Å². The number of hydrogen-bond donors (Lipinski definition) is 1. The molecule has 0 unspecified atom stereocenters. The average molecular weight is 462 g/mol. The second-order valence-electron chi connectivity index (χ2n) is 3.79. The van der Waals surface area contributed by atoms with Gasteiger partial charge in [-0.3, -0.25) is 4.72 Å². The molecule has 0 amide bonds. The molecule has 0 atom stereocenters. The number of sulfonamides is 1. The van der Waals surface area contributed by atoms with Gasteiger partial charge >= 0.3 is 0 Å². The molecule has 4 nitrogen and oxygen atoms in total. The fourth-order valence-electron chi connectivity index (χ4n) is 1.39. The van der Waals surface area contributed by atoms with Gasteiger partial charge in [0.2, 0.25) is 0 Å². The van der Waals surface area contributed by atoms with Crippen LogP contribution in [-0.4, -0.2) is 13.4 Å². The number of halogens is 5. The van der Waals surface area contributed by atoms with Crippen LogP contribution in [0.25, 0.3) is 0 Å². The fraction of sp³-hybridized carbons (Fsp3) is 0. The molecule has 2 aromatic rings. The Morgan fingerprint density at radius 3 is 2.48 bits per heavy atom. The molecule has 0 bridgehead atoms. The Morgan fingerprint density at radius 1 is 1.14 bits per heavy atom. The number of rotatable bonds is 3. The van der Waals surface area contributed by atoms with Crippen molar-refractivity contribution in [2.24, 2.45) is 0 Å². The second-order valence-corrected chi connectivity index (χ2v) is 7.57. The van der Waals surface area contributed by atoms with Crippen LogP contribution in [0.2, 0.25) is 5.15 Å². The van der Waals surface area contributed by atoms with Crippen LogP contribution in [0.1, 0.15) is 0 Å². The smallest absolute Gasteiger partial charge is 0.265 e. The molecular weight excluding hydrogens is 457 g/mol. The van der Waals surface area contributed by atoms with Gasteiger partial charge < -0.3 is 0 Å². The predicted octanol–water partition coefficient (Wildman–Crippen LogP) is 4.34. The minimum Gasteiger partial charge on any atom is -0.276 e. The van der Waals surface area contributed by atoms with E-state index in [4.69, 9.17) is 11.6 Å². The maximum absolute atomic E-state index is 13.7. The van der Waals surface area contributed by atoms with E-state index in [2.05, 4.69) is 36.8 Å². The summed E-state index contributed by atoms with van der Waals surface area (Å²) in [4.78, 5) is 3.30. The third-order valence-corrected chi connectivity index (χ3v) is 5.15. The molecule has 0 aliphatic rings. The molecular formula is C11H5Br2ClF2N2O2S. The van der Waals surface area contributed by atoms with Crippen LogP contribution < -0.4 is 4.72 Å². The summed E-state index contributed by atoms with van der Waals surface area (Å²) in [6.07, 6.45) is 1.31. The number of aromatic nitrogens is 1. The summed E-state index contributed by atoms with van der Waals surface area (Å²) in [5.74, 6) is -1.75. The van der Waals surface area contributed by atoms with Crippen LogP contribution in [0.3, 0.4) is 0 Å². The van der Waals surface area contributed by atoms with Crippen LogP contribution in [0.5, 0.6) is 0 Å². The number of benzene rings is 1. The highest BCUT2D eigenvalue weighted by Crippen LogP contribution is 2.28. The van der Waals surface area contributed by atoms with E-state index in [9.17, 15) is 17.2 Å². The molecule has 0 fully saturated rings. The molecule has 1 aromatic heterocycles. The van der Waals surface area contributed by atoms with Crippen molar-refractivity contribution in [1.82, 2.24) is 4.98 Å². The molecule has 0 saturated heterocycles. The number of nitrogens with one attached hydrogen (secondary N) is 1. The van der Waals surface area contributed by atoms with Crippen molar-refractivity contribution < 1.29 is 17.2 Å². The Kier molecular flexibility index (Phi) is 4.86. The minimum atomic E-state index is -4.22. The summed E-state index contributed by atoms with van der Waals surface area (Å²) in [6, 6.07) is 2.73. The number of pyridine rings is 1. The zero-order valence-electron chi connectivity index (χ0n) is 9.87. The molecule has 10 heteroatoms. The van der Waals surface area contributed by atoms with Crippen molar-refractivity contribution in [1.29, 1.82) is 0 Å². The van der Waals surface area contributed by atoms with E-state index in [1.807, 2.05) is 4.72 Å². The first-order valence-corrected chi connectivity index (χ1v) is 8.64. The fourth-order valence-corrected chi connectivity index (χ4v) is 3.71. The predicted molar refractivity (Wildman–Crippen MR) is 81.8 cm³/mol. The number of nitrogens with zero attached hydrogens (tertiary/aromatic N) is 1. The Labute approximate surface area is 140 Å². The van der Waals surface area contributed by atoms with Gasteiger partial charge in [-0.05, 0) is 44.0 Å². The monoisotopic (exact) mass is 460 g/mol. The van der Waals surface area contributed by atoms with Gasteiger partial charge in [0.15, 0.2) is 0 Å². The van der Waals surface area contributed by atoms with Gasteiger partial charge in [-0.1, -0.05) is 11.6 Å². The van der Waals surface area contributed by atoms with Crippen molar-refractivity contribution in [3.05, 3.63) is 50.1 Å². The van der Waals surface area contributed by atoms with Crippen molar-refractivity contribution in [2.75, 3.05) is 4.72 Å². The van der Waals surface area contributed by atoms with Crippen LogP contribution >= 0.6 is 43.5 Å². The molecule has 21 heavy (non-hydrogen) atoms. The number of hydrogen-bond acceptors (Lipinski definition) is 3. The molecule has 0 radical (unpaired) electrons. The Balaban J connectivity index is 2.47. The minimum absolute atomic E-state index is 0.120. The first-order chi connectivity index (χ1) is 9.70. The lowest BCUT2D eigenvalue weighted by molar-refractivity contribution is 0.591. The summed E-state index contributed by atoms with van der Waals surface area (Å²) < 4.78 is 53.6. The van der Waals surface area contributed by atoms with E-state index in [-0.39, 0.29) is 14.5 Å². The maximum atomic E-state index is 13.7. The summed E-state index contributed by atoms with van der Waals surface area (Å²) in [5, 5.41) is -0.288. The van der Waals surface area contributed by atoms with Gasteiger partial charge in [-0.25, -0.2) is 22.2 Å². The quantitative estimate of drug-likeness (QED) is 0.546. The van der Waals surface area contributed by atoms with Crippen LogP contribution in [0, 0.1) is 11.6 Å². The van der Waals surface area contributed by atoms with Gasteiger partial charge in [0.1, 0.15) is 21.7 Å². The molecule has 1 aromatic carbocycles. The molecule has 0 aliphatic heterocycles. The lowest BCUT2D eigenvalue weighted by Gasteiger charge is -2.10. The highest BCUT2D eigenvalue weighted by Gasteiger charge is 2.22. The zero-order chi connectivity index (χ0) is 15.8. The summed E-state index contributed by atoms with van der Waals surface area (Å²) in [5.41, 5.74) is -0.535. The van der Waals surface area contributed by atoms with Gasteiger partial charge in [-0.2, -0.15) is 0 Å². The second kappa shape index (κ2) is 6.15. The van der Waals surface area contributed by atoms with E-state index in [0.717, 1.165) is 12.1 Å². The van der Waals surface area contributed by atoms with E-state index >= 15 is 0 Å². The topological polar surface area (TPSA) is 59.1 Å². The third kappa shape index (κ3) is 3.71. The van der Waals surface area contributed by atoms with E-state index in [1.54, 1.807) is 0 Å². The van der Waals surface area contributed by atoms with Gasteiger partial charge in [0, 0.05) is 16.7 Å². The Morgan fingerprint density at radius 2 is 1.81 bits per heavy atom. The normalized spacial score (nSPS) is 11.5.